The number of nitrogens with zero attached hydrogens (tertiary/aromatic N) is 1. The number of likely N-dealkylation sites (tertiary alicyclic amines) is 1. The maximum Gasteiger partial charge on any atom is 0.242 e. The van der Waals surface area contributed by atoms with Crippen LogP contribution < -0.4 is 11.1 Å². The van der Waals surface area contributed by atoms with E-state index in [9.17, 15) is 29.4 Å². The van der Waals surface area contributed by atoms with Crippen LogP contribution in [0.3, 0.4) is 0 Å². The second kappa shape index (κ2) is 12.1. The van der Waals surface area contributed by atoms with Crippen molar-refractivity contribution in [1.29, 1.82) is 0 Å². The van der Waals surface area contributed by atoms with E-state index in [2.05, 4.69) is 5.32 Å². The van der Waals surface area contributed by atoms with Gasteiger partial charge >= 0.3 is 0 Å². The quantitative estimate of drug-likeness (QED) is 0.144. The summed E-state index contributed by atoms with van der Waals surface area (Å²) in [6.07, 6.45) is -3.44. The number of ether oxygens (including phenoxy) is 4. The van der Waals surface area contributed by atoms with Gasteiger partial charge in [-0.25, -0.2) is 0 Å². The normalized spacial score (nSPS) is 33.3. The number of ketones is 1. The molecule has 3 amide bonds. The lowest BCUT2D eigenvalue weighted by Crippen LogP contribution is -2.66. The van der Waals surface area contributed by atoms with Gasteiger partial charge in [0.25, 0.3) is 0 Å². The van der Waals surface area contributed by atoms with Crippen molar-refractivity contribution in [2.45, 2.75) is 61.7 Å². The van der Waals surface area contributed by atoms with Gasteiger partial charge in [0.1, 0.15) is 29.6 Å². The number of thioether (sulfide) groups is 1. The van der Waals surface area contributed by atoms with Crippen molar-refractivity contribution in [3.63, 3.8) is 0 Å². The fourth-order valence-corrected chi connectivity index (χ4v) is 5.25. The first-order valence-electron chi connectivity index (χ1n) is 11.4. The van der Waals surface area contributed by atoms with Crippen molar-refractivity contribution in [3.8, 4) is 0 Å². The van der Waals surface area contributed by atoms with E-state index in [1.807, 2.05) is 0 Å². The molecular weight excluding hydrogens is 486 g/mol. The van der Waals surface area contributed by atoms with E-state index < -0.39 is 41.4 Å². The van der Waals surface area contributed by atoms with Gasteiger partial charge in [-0.05, 0) is 6.92 Å². The molecule has 3 aliphatic heterocycles. The van der Waals surface area contributed by atoms with Crippen molar-refractivity contribution >= 4 is 35.3 Å². The van der Waals surface area contributed by atoms with Crippen LogP contribution in [0.2, 0.25) is 0 Å². The van der Waals surface area contributed by atoms with Crippen LogP contribution in [0.5, 0.6) is 0 Å². The molecule has 3 fully saturated rings. The number of imide groups is 1. The topological polar surface area (TPSA) is 187 Å². The minimum Gasteiger partial charge on any atom is -0.388 e. The first kappa shape index (κ1) is 27.9. The summed E-state index contributed by atoms with van der Waals surface area (Å²) in [7, 11) is 0. The van der Waals surface area contributed by atoms with Crippen LogP contribution in [0, 0.1) is 0 Å². The second-order valence-electron chi connectivity index (χ2n) is 8.82. The molecule has 0 saturated carbocycles. The minimum atomic E-state index is -1.33. The van der Waals surface area contributed by atoms with Crippen LogP contribution in [0.15, 0.2) is 0 Å². The van der Waals surface area contributed by atoms with Crippen molar-refractivity contribution in [1.82, 2.24) is 10.2 Å². The van der Waals surface area contributed by atoms with Gasteiger partial charge < -0.3 is 40.2 Å². The van der Waals surface area contributed by atoms with E-state index in [4.69, 9.17) is 24.7 Å². The fourth-order valence-electron chi connectivity index (χ4n) is 4.05. The third-order valence-electron chi connectivity index (χ3n) is 6.12. The summed E-state index contributed by atoms with van der Waals surface area (Å²) in [5, 5.41) is 22.9. The molecule has 3 rings (SSSR count). The van der Waals surface area contributed by atoms with Gasteiger partial charge in [0.2, 0.25) is 17.7 Å². The first-order valence-corrected chi connectivity index (χ1v) is 12.4. The highest BCUT2D eigenvalue weighted by Gasteiger charge is 2.59. The van der Waals surface area contributed by atoms with Gasteiger partial charge in [0.15, 0.2) is 6.29 Å². The van der Waals surface area contributed by atoms with Gasteiger partial charge in [0, 0.05) is 19.1 Å². The Balaban J connectivity index is 1.33. The minimum absolute atomic E-state index is 0.0114. The van der Waals surface area contributed by atoms with Gasteiger partial charge in [-0.2, -0.15) is 0 Å². The third-order valence-corrected chi connectivity index (χ3v) is 7.44. The standard InChI is InChI=1S/C21H33N3O10S/c1-11(25)13(22)8-35-14-7-15(27)24(19(14)30)3-4-31-5-6-32-9-21-10-33-20(34-21)16(23-12(2)26)17(28)18(21)29/h13-14,16-18,20,28-29H,3-10,22H2,1-2H3,(H,23,26)/t13-,14?,16-,17+,18+,20-,21-/m0/s1. The molecule has 7 atom stereocenters. The van der Waals surface area contributed by atoms with Gasteiger partial charge in [-0.1, -0.05) is 0 Å². The Bertz CT molecular complexity index is 816. The number of rotatable bonds is 13. The monoisotopic (exact) mass is 519 g/mol. The van der Waals surface area contributed by atoms with E-state index >= 15 is 0 Å². The van der Waals surface area contributed by atoms with E-state index in [1.165, 1.54) is 25.6 Å². The van der Waals surface area contributed by atoms with Crippen LogP contribution in [0.25, 0.3) is 0 Å². The highest BCUT2D eigenvalue weighted by Crippen LogP contribution is 2.37. The lowest BCUT2D eigenvalue weighted by atomic mass is 9.88. The highest BCUT2D eigenvalue weighted by molar-refractivity contribution is 8.00. The number of nitrogens with one attached hydrogen (secondary N) is 1. The summed E-state index contributed by atoms with van der Waals surface area (Å²) in [6.45, 7) is 3.12. The molecule has 3 heterocycles. The number of nitrogens with two attached hydrogens (primary N) is 1. The van der Waals surface area contributed by atoms with Crippen LogP contribution in [-0.4, -0.2) is 125 Å². The molecule has 13 nitrogen and oxygen atoms in total. The molecule has 2 bridgehead atoms. The predicted octanol–water partition coefficient (Wildman–Crippen LogP) is -2.85. The van der Waals surface area contributed by atoms with E-state index in [0.717, 1.165) is 4.90 Å². The number of Topliss-reactive ketones (excluding diaryl/α,β-unsaturated/α-hetero) is 1. The Labute approximate surface area is 206 Å². The molecule has 3 aliphatic rings. The molecule has 14 heteroatoms. The Kier molecular flexibility index (Phi) is 9.62. The number of carbonyl (C=O) groups is 4. The fraction of sp³-hybridized carbons (Fsp3) is 0.810. The number of hydrogen-bond acceptors (Lipinski definition) is 12. The van der Waals surface area contributed by atoms with Crippen molar-refractivity contribution in [2.24, 2.45) is 5.73 Å². The Hall–Kier alpha value is -1.65. The molecule has 35 heavy (non-hydrogen) atoms. The van der Waals surface area contributed by atoms with Gasteiger partial charge in [0.05, 0.1) is 50.9 Å². The molecule has 198 valence electrons. The largest absolute Gasteiger partial charge is 0.388 e. The summed E-state index contributed by atoms with van der Waals surface area (Å²) < 4.78 is 22.2. The van der Waals surface area contributed by atoms with E-state index in [-0.39, 0.29) is 75.3 Å². The predicted molar refractivity (Wildman–Crippen MR) is 121 cm³/mol. The summed E-state index contributed by atoms with van der Waals surface area (Å²) >= 11 is 1.21. The van der Waals surface area contributed by atoms with Crippen LogP contribution in [0.1, 0.15) is 20.3 Å². The Morgan fingerprint density at radius 1 is 1.26 bits per heavy atom. The number of carbonyl (C=O) groups excluding carboxylic acids is 4. The van der Waals surface area contributed by atoms with Crippen molar-refractivity contribution in [3.05, 3.63) is 0 Å². The summed E-state index contributed by atoms with van der Waals surface area (Å²) in [5.41, 5.74) is 4.43. The third kappa shape index (κ3) is 6.57. The summed E-state index contributed by atoms with van der Waals surface area (Å²) in [5.74, 6) is -0.887. The zero-order valence-corrected chi connectivity index (χ0v) is 20.5. The number of aliphatic hydroxyl groups excluding tert-OH is 2. The van der Waals surface area contributed by atoms with Crippen molar-refractivity contribution in [2.75, 3.05) is 45.3 Å². The molecule has 0 aliphatic carbocycles. The summed E-state index contributed by atoms with van der Waals surface area (Å²) in [6, 6.07) is -1.55. The van der Waals surface area contributed by atoms with Gasteiger partial charge in [-0.3, -0.25) is 24.1 Å². The molecule has 0 radical (unpaired) electrons. The molecule has 0 aromatic carbocycles. The van der Waals surface area contributed by atoms with E-state index in [1.54, 1.807) is 0 Å². The zero-order chi connectivity index (χ0) is 25.8. The van der Waals surface area contributed by atoms with Crippen LogP contribution in [0.4, 0.5) is 0 Å². The molecule has 5 N–H and O–H groups in total. The summed E-state index contributed by atoms with van der Waals surface area (Å²) in [4.78, 5) is 48.3. The molecular formula is C21H33N3O10S. The number of hydrogen-bond donors (Lipinski definition) is 4. The Morgan fingerprint density at radius 3 is 2.66 bits per heavy atom. The maximum absolute atomic E-state index is 12.4. The van der Waals surface area contributed by atoms with E-state index in [0.29, 0.717) is 0 Å². The maximum atomic E-state index is 12.4. The lowest BCUT2D eigenvalue weighted by molar-refractivity contribution is -0.238. The van der Waals surface area contributed by atoms with Crippen LogP contribution in [-0.2, 0) is 38.1 Å². The number of fused-ring (bicyclic) bond motifs is 2. The van der Waals surface area contributed by atoms with Crippen LogP contribution >= 0.6 is 11.8 Å². The molecule has 0 aromatic heterocycles. The molecule has 0 spiro atoms. The molecule has 0 aromatic rings. The SMILES string of the molecule is CC(=O)N[C@@H]1[C@H]2OC[C@](COCCOCCN3C(=O)CC(SC[C@H](N)C(C)=O)C3=O)(O2)[C@H](O)[C@@H]1O. The second-order valence-corrected chi connectivity index (χ2v) is 10.1. The first-order chi connectivity index (χ1) is 16.6. The number of aliphatic hydroxyl groups is 2. The Morgan fingerprint density at radius 2 is 1.97 bits per heavy atom. The average Bonchev–Trinajstić information content (AvgIpc) is 3.33. The molecule has 3 saturated heterocycles. The number of amides is 3. The van der Waals surface area contributed by atoms with Crippen molar-refractivity contribution < 1.29 is 48.3 Å². The zero-order valence-electron chi connectivity index (χ0n) is 19.7. The van der Waals surface area contributed by atoms with Gasteiger partial charge in [-0.15, -0.1) is 11.8 Å². The smallest absolute Gasteiger partial charge is 0.242 e. The average molecular weight is 520 g/mol. The lowest BCUT2D eigenvalue weighted by Gasteiger charge is -2.42. The molecule has 1 unspecified atom stereocenters. The highest BCUT2D eigenvalue weighted by atomic mass is 32.2.